The number of hydrogen-bond donors (Lipinski definition) is 0. The molecule has 0 unspecified atom stereocenters. The van der Waals surface area contributed by atoms with Crippen LogP contribution in [-0.2, 0) is 11.9 Å². The molecule has 0 fully saturated rings. The average Bonchev–Trinajstić information content (AvgIpc) is 3.01. The molecule has 0 aliphatic rings. The molecule has 0 N–H and O–H groups in total. The Morgan fingerprint density at radius 2 is 2.04 bits per heavy atom. The van der Waals surface area contributed by atoms with Crippen LogP contribution in [0.3, 0.4) is 0 Å². The van der Waals surface area contributed by atoms with Crippen molar-refractivity contribution >= 4 is 29.0 Å². The molecule has 0 atom stereocenters. The lowest BCUT2D eigenvalue weighted by Crippen LogP contribution is -2.07. The second kappa shape index (κ2) is 5.72. The van der Waals surface area contributed by atoms with Crippen molar-refractivity contribution in [2.45, 2.75) is 30.9 Å². The molecule has 0 aliphatic carbocycles. The third kappa shape index (κ3) is 3.02. The SMILES string of the molecule is Cc1noc(C)c1CSc1nnc2c(Cl)cc(C(F)(F)F)cn12. The van der Waals surface area contributed by atoms with E-state index in [1.807, 2.05) is 0 Å². The number of fused-ring (bicyclic) bond motifs is 1. The summed E-state index contributed by atoms with van der Waals surface area (Å²) in [4.78, 5) is 0. The van der Waals surface area contributed by atoms with Gasteiger partial charge in [0.05, 0.1) is 16.3 Å². The van der Waals surface area contributed by atoms with Gasteiger partial charge in [-0.3, -0.25) is 4.40 Å². The van der Waals surface area contributed by atoms with E-state index in [4.69, 9.17) is 16.1 Å². The molecule has 10 heteroatoms. The summed E-state index contributed by atoms with van der Waals surface area (Å²) in [6.07, 6.45) is -3.55. The number of hydrogen-bond acceptors (Lipinski definition) is 5. The number of thioether (sulfide) groups is 1. The van der Waals surface area contributed by atoms with Gasteiger partial charge in [-0.15, -0.1) is 10.2 Å². The minimum atomic E-state index is -4.49. The molecule has 3 heterocycles. The first-order valence-electron chi connectivity index (χ1n) is 6.43. The van der Waals surface area contributed by atoms with Crippen molar-refractivity contribution in [2.24, 2.45) is 0 Å². The highest BCUT2D eigenvalue weighted by Crippen LogP contribution is 2.34. The molecule has 0 spiro atoms. The Bertz CT molecular complexity index is 855. The van der Waals surface area contributed by atoms with Crippen LogP contribution in [0.5, 0.6) is 0 Å². The highest BCUT2D eigenvalue weighted by Gasteiger charge is 2.32. The van der Waals surface area contributed by atoms with Crippen LogP contribution in [0.4, 0.5) is 13.2 Å². The van der Waals surface area contributed by atoms with E-state index in [0.29, 0.717) is 16.7 Å². The van der Waals surface area contributed by atoms with Crippen LogP contribution in [-0.4, -0.2) is 19.8 Å². The molecule has 5 nitrogen and oxygen atoms in total. The summed E-state index contributed by atoms with van der Waals surface area (Å²) >= 11 is 7.11. The molecule has 0 aromatic carbocycles. The minimum absolute atomic E-state index is 0.100. The smallest absolute Gasteiger partial charge is 0.361 e. The molecule has 0 saturated heterocycles. The topological polar surface area (TPSA) is 56.2 Å². The first kappa shape index (κ1) is 16.1. The summed E-state index contributed by atoms with van der Waals surface area (Å²) in [6, 6.07) is 0.842. The van der Waals surface area contributed by atoms with Gasteiger partial charge in [0.1, 0.15) is 5.76 Å². The Morgan fingerprint density at radius 1 is 1.30 bits per heavy atom. The largest absolute Gasteiger partial charge is 0.417 e. The number of aryl methyl sites for hydroxylation is 2. The predicted octanol–water partition coefficient (Wildman–Crippen LogP) is 4.30. The molecule has 122 valence electrons. The number of alkyl halides is 3. The third-order valence-electron chi connectivity index (χ3n) is 3.28. The summed E-state index contributed by atoms with van der Waals surface area (Å²) in [5.74, 6) is 1.12. The lowest BCUT2D eigenvalue weighted by molar-refractivity contribution is -0.137. The van der Waals surface area contributed by atoms with Crippen molar-refractivity contribution in [3.63, 3.8) is 0 Å². The summed E-state index contributed by atoms with van der Waals surface area (Å²) < 4.78 is 45.0. The third-order valence-corrected chi connectivity index (χ3v) is 4.53. The second-order valence-electron chi connectivity index (χ2n) is 4.84. The molecule has 3 rings (SSSR count). The van der Waals surface area contributed by atoms with E-state index in [1.165, 1.54) is 16.2 Å². The number of nitrogens with zero attached hydrogens (tertiary/aromatic N) is 4. The first-order valence-corrected chi connectivity index (χ1v) is 7.79. The fraction of sp³-hybridized carbons (Fsp3) is 0.308. The Labute approximate surface area is 137 Å². The van der Waals surface area contributed by atoms with Gasteiger partial charge < -0.3 is 4.52 Å². The van der Waals surface area contributed by atoms with Crippen LogP contribution in [0, 0.1) is 13.8 Å². The van der Waals surface area contributed by atoms with Crippen molar-refractivity contribution in [1.82, 2.24) is 19.8 Å². The zero-order valence-electron chi connectivity index (χ0n) is 12.0. The van der Waals surface area contributed by atoms with Gasteiger partial charge in [0, 0.05) is 17.5 Å². The Balaban J connectivity index is 1.97. The van der Waals surface area contributed by atoms with Gasteiger partial charge in [0.25, 0.3) is 0 Å². The molecule has 3 aromatic heterocycles. The normalized spacial score (nSPS) is 12.3. The van der Waals surface area contributed by atoms with Gasteiger partial charge in [0.15, 0.2) is 10.8 Å². The van der Waals surface area contributed by atoms with Crippen LogP contribution < -0.4 is 0 Å². The average molecular weight is 363 g/mol. The van der Waals surface area contributed by atoms with E-state index in [0.717, 1.165) is 23.5 Å². The van der Waals surface area contributed by atoms with Gasteiger partial charge in [0.2, 0.25) is 0 Å². The quantitative estimate of drug-likeness (QED) is 0.650. The molecule has 3 aromatic rings. The molecule has 0 saturated carbocycles. The summed E-state index contributed by atoms with van der Waals surface area (Å²) in [5.41, 5.74) is 0.942. The maximum absolute atomic E-state index is 12.9. The zero-order valence-corrected chi connectivity index (χ0v) is 13.6. The number of halogens is 4. The van der Waals surface area contributed by atoms with Gasteiger partial charge >= 0.3 is 6.18 Å². The Hall–Kier alpha value is -1.74. The van der Waals surface area contributed by atoms with Crippen LogP contribution >= 0.6 is 23.4 Å². The molecule has 0 amide bonds. The van der Waals surface area contributed by atoms with Gasteiger partial charge in [-0.05, 0) is 19.9 Å². The van der Waals surface area contributed by atoms with Crippen molar-refractivity contribution in [2.75, 3.05) is 0 Å². The molecule has 0 aliphatic heterocycles. The molecular formula is C13H10ClF3N4OS. The molecule has 0 radical (unpaired) electrons. The number of aromatic nitrogens is 4. The lowest BCUT2D eigenvalue weighted by atomic mass is 10.2. The molecule has 23 heavy (non-hydrogen) atoms. The maximum Gasteiger partial charge on any atom is 0.417 e. The van der Waals surface area contributed by atoms with E-state index in [2.05, 4.69) is 15.4 Å². The predicted molar refractivity (Wildman–Crippen MR) is 78.5 cm³/mol. The van der Waals surface area contributed by atoms with Crippen molar-refractivity contribution < 1.29 is 17.7 Å². The monoisotopic (exact) mass is 362 g/mol. The Kier molecular flexibility index (Phi) is 4.01. The van der Waals surface area contributed by atoms with Crippen LogP contribution in [0.15, 0.2) is 21.9 Å². The highest BCUT2D eigenvalue weighted by atomic mass is 35.5. The summed E-state index contributed by atoms with van der Waals surface area (Å²) in [7, 11) is 0. The van der Waals surface area contributed by atoms with Crippen LogP contribution in [0.2, 0.25) is 5.02 Å². The van der Waals surface area contributed by atoms with Crippen molar-refractivity contribution in [1.29, 1.82) is 0 Å². The highest BCUT2D eigenvalue weighted by molar-refractivity contribution is 7.98. The first-order chi connectivity index (χ1) is 10.8. The van der Waals surface area contributed by atoms with Crippen molar-refractivity contribution in [3.05, 3.63) is 39.9 Å². The fourth-order valence-corrected chi connectivity index (χ4v) is 3.34. The van der Waals surface area contributed by atoms with Crippen LogP contribution in [0.25, 0.3) is 5.65 Å². The van der Waals surface area contributed by atoms with E-state index >= 15 is 0 Å². The van der Waals surface area contributed by atoms with E-state index in [9.17, 15) is 13.2 Å². The van der Waals surface area contributed by atoms with E-state index in [1.54, 1.807) is 13.8 Å². The van der Waals surface area contributed by atoms with Crippen molar-refractivity contribution in [3.8, 4) is 0 Å². The van der Waals surface area contributed by atoms with E-state index in [-0.39, 0.29) is 10.7 Å². The fourth-order valence-electron chi connectivity index (χ4n) is 2.03. The number of pyridine rings is 1. The zero-order chi connectivity index (χ0) is 16.8. The maximum atomic E-state index is 12.9. The summed E-state index contributed by atoms with van der Waals surface area (Å²) in [6.45, 7) is 3.57. The summed E-state index contributed by atoms with van der Waals surface area (Å²) in [5, 5.41) is 11.8. The van der Waals surface area contributed by atoms with Gasteiger partial charge in [-0.1, -0.05) is 28.5 Å². The second-order valence-corrected chi connectivity index (χ2v) is 6.19. The Morgan fingerprint density at radius 3 is 2.65 bits per heavy atom. The minimum Gasteiger partial charge on any atom is -0.361 e. The van der Waals surface area contributed by atoms with Gasteiger partial charge in [-0.25, -0.2) is 0 Å². The van der Waals surface area contributed by atoms with Crippen LogP contribution in [0.1, 0.15) is 22.6 Å². The molecule has 0 bridgehead atoms. The lowest BCUT2D eigenvalue weighted by Gasteiger charge is -2.08. The molecular weight excluding hydrogens is 353 g/mol. The van der Waals surface area contributed by atoms with Gasteiger partial charge in [-0.2, -0.15) is 13.2 Å². The number of rotatable bonds is 3. The standard InChI is InChI=1S/C13H10ClF3N4OS/c1-6-9(7(2)22-20-6)5-23-12-19-18-11-10(14)3-8(4-21(11)12)13(15,16)17/h3-4H,5H2,1-2H3. The van der Waals surface area contributed by atoms with E-state index < -0.39 is 11.7 Å².